The Labute approximate surface area is 169 Å². The van der Waals surface area contributed by atoms with E-state index in [9.17, 15) is 15.0 Å². The minimum Gasteiger partial charge on any atom is -0.463 e. The minimum absolute atomic E-state index is 0.111. The van der Waals surface area contributed by atoms with E-state index in [1.54, 1.807) is 6.92 Å². The van der Waals surface area contributed by atoms with Gasteiger partial charge >= 0.3 is 5.97 Å². The van der Waals surface area contributed by atoms with Crippen LogP contribution < -0.4 is 0 Å². The first-order valence-electron chi connectivity index (χ1n) is 9.01. The van der Waals surface area contributed by atoms with Gasteiger partial charge in [0.1, 0.15) is 25.1 Å². The third-order valence-electron chi connectivity index (χ3n) is 3.79. The van der Waals surface area contributed by atoms with Crippen LogP contribution in [0.5, 0.6) is 0 Å². The van der Waals surface area contributed by atoms with Crippen LogP contribution in [-0.4, -0.2) is 67.7 Å². The third kappa shape index (κ3) is 9.05. The van der Waals surface area contributed by atoms with Gasteiger partial charge in [-0.25, -0.2) is 4.79 Å². The molecule has 10 heteroatoms. The molecule has 2 N–H and O–H groups in total. The van der Waals surface area contributed by atoms with Crippen LogP contribution in [-0.2, 0) is 30.3 Å². The van der Waals surface area contributed by atoms with Gasteiger partial charge in [-0.2, -0.15) is 0 Å². The summed E-state index contributed by atoms with van der Waals surface area (Å²) in [5.41, 5.74) is 9.76. The van der Waals surface area contributed by atoms with E-state index in [-0.39, 0.29) is 20.0 Å². The SMILES string of the molecule is CCOC(=O)/C=C/[C@@H](N=[N+]=[N-])[C@H](OCOC)[C@H](OCc1ccccc1)[C@@H](O)CO. The number of nitrogens with zero attached hydrogens (tertiary/aromatic N) is 3. The molecule has 0 radical (unpaired) electrons. The van der Waals surface area contributed by atoms with Crippen LogP contribution in [0.25, 0.3) is 10.4 Å². The molecule has 1 aromatic rings. The average Bonchev–Trinajstić information content (AvgIpc) is 2.74. The molecular weight excluding hydrogens is 382 g/mol. The second kappa shape index (κ2) is 14.5. The van der Waals surface area contributed by atoms with Gasteiger partial charge in [-0.1, -0.05) is 41.5 Å². The summed E-state index contributed by atoms with van der Waals surface area (Å²) in [7, 11) is 1.40. The van der Waals surface area contributed by atoms with Crippen LogP contribution >= 0.6 is 0 Å². The Hall–Kier alpha value is -2.46. The van der Waals surface area contributed by atoms with Crippen molar-refractivity contribution in [1.82, 2.24) is 0 Å². The molecule has 0 saturated carbocycles. The lowest BCUT2D eigenvalue weighted by Gasteiger charge is -2.32. The zero-order valence-electron chi connectivity index (χ0n) is 16.5. The Balaban J connectivity index is 3.11. The molecule has 0 unspecified atom stereocenters. The summed E-state index contributed by atoms with van der Waals surface area (Å²) < 4.78 is 21.1. The molecule has 1 rings (SSSR count). The van der Waals surface area contributed by atoms with Crippen molar-refractivity contribution in [3.8, 4) is 0 Å². The molecule has 0 aliphatic heterocycles. The monoisotopic (exact) mass is 409 g/mol. The Kier molecular flexibility index (Phi) is 12.3. The van der Waals surface area contributed by atoms with Gasteiger partial charge in [0.15, 0.2) is 0 Å². The maximum atomic E-state index is 11.6. The van der Waals surface area contributed by atoms with Gasteiger partial charge in [-0.05, 0) is 18.0 Å². The first kappa shape index (κ1) is 24.6. The fraction of sp³-hybridized carbons (Fsp3) is 0.526. The second-order valence-corrected chi connectivity index (χ2v) is 5.86. The number of carbonyl (C=O) groups excluding carboxylic acids is 1. The summed E-state index contributed by atoms with van der Waals surface area (Å²) in [6.45, 7) is 1.15. The first-order valence-corrected chi connectivity index (χ1v) is 9.01. The Bertz CT molecular complexity index is 665. The maximum Gasteiger partial charge on any atom is 0.330 e. The van der Waals surface area contributed by atoms with Gasteiger partial charge in [0.25, 0.3) is 0 Å². The smallest absolute Gasteiger partial charge is 0.330 e. The third-order valence-corrected chi connectivity index (χ3v) is 3.79. The normalized spacial score (nSPS) is 15.3. The standard InChI is InChI=1S/C19H27N3O7/c1-3-27-17(25)10-9-15(21-22-20)18(29-13-26-2)19(16(24)11-23)28-12-14-7-5-4-6-8-14/h4-10,15-16,18-19,23-24H,3,11-13H2,1-2H3/b10-9+/t15-,16+,18+,19-/m1/s1. The Morgan fingerprint density at radius 1 is 1.28 bits per heavy atom. The van der Waals surface area contributed by atoms with Crippen LogP contribution in [0.2, 0.25) is 0 Å². The molecule has 0 bridgehead atoms. The summed E-state index contributed by atoms with van der Waals surface area (Å²) in [6.07, 6.45) is -1.08. The summed E-state index contributed by atoms with van der Waals surface area (Å²) in [4.78, 5) is 14.4. The van der Waals surface area contributed by atoms with E-state index < -0.39 is 36.9 Å². The van der Waals surface area contributed by atoms with Crippen LogP contribution in [0.1, 0.15) is 12.5 Å². The van der Waals surface area contributed by atoms with E-state index >= 15 is 0 Å². The molecule has 0 spiro atoms. The summed E-state index contributed by atoms with van der Waals surface area (Å²) in [5, 5.41) is 23.4. The molecular formula is C19H27N3O7. The lowest BCUT2D eigenvalue weighted by molar-refractivity contribution is -0.169. The number of aliphatic hydroxyl groups excluding tert-OH is 2. The Morgan fingerprint density at radius 3 is 2.59 bits per heavy atom. The minimum atomic E-state index is -1.34. The molecule has 0 saturated heterocycles. The van der Waals surface area contributed by atoms with Crippen molar-refractivity contribution in [3.63, 3.8) is 0 Å². The summed E-state index contributed by atoms with van der Waals surface area (Å²) in [6, 6.07) is 8.14. The molecule has 29 heavy (non-hydrogen) atoms. The molecule has 160 valence electrons. The molecule has 0 aliphatic rings. The number of ether oxygens (including phenoxy) is 4. The number of azide groups is 1. The first-order chi connectivity index (χ1) is 14.1. The van der Waals surface area contributed by atoms with Crippen molar-refractivity contribution in [2.24, 2.45) is 5.11 Å². The van der Waals surface area contributed by atoms with Gasteiger partial charge in [0.05, 0.1) is 25.9 Å². The molecule has 4 atom stereocenters. The van der Waals surface area contributed by atoms with E-state index in [4.69, 9.17) is 24.5 Å². The number of carbonyl (C=O) groups is 1. The predicted octanol–water partition coefficient (Wildman–Crippen LogP) is 1.71. The highest BCUT2D eigenvalue weighted by Gasteiger charge is 2.35. The number of esters is 1. The van der Waals surface area contributed by atoms with Crippen LogP contribution in [0.3, 0.4) is 0 Å². The number of rotatable bonds is 14. The molecule has 0 aliphatic carbocycles. The van der Waals surface area contributed by atoms with E-state index in [0.717, 1.165) is 11.6 Å². The highest BCUT2D eigenvalue weighted by Crippen LogP contribution is 2.19. The molecule has 10 nitrogen and oxygen atoms in total. The van der Waals surface area contributed by atoms with Crippen molar-refractivity contribution in [1.29, 1.82) is 0 Å². The number of hydrogen-bond acceptors (Lipinski definition) is 8. The quantitative estimate of drug-likeness (QED) is 0.119. The molecule has 0 aromatic heterocycles. The number of methoxy groups -OCH3 is 1. The number of aliphatic hydroxyl groups is 2. The fourth-order valence-corrected chi connectivity index (χ4v) is 2.47. The highest BCUT2D eigenvalue weighted by molar-refractivity contribution is 5.82. The average molecular weight is 409 g/mol. The van der Waals surface area contributed by atoms with Crippen LogP contribution in [0, 0.1) is 0 Å². The molecule has 0 fully saturated rings. The number of hydrogen-bond donors (Lipinski definition) is 2. The van der Waals surface area contributed by atoms with Crippen molar-refractivity contribution in [2.45, 2.75) is 37.9 Å². The molecule has 1 aromatic carbocycles. The van der Waals surface area contributed by atoms with E-state index in [1.165, 1.54) is 13.2 Å². The van der Waals surface area contributed by atoms with Crippen molar-refractivity contribution >= 4 is 5.97 Å². The van der Waals surface area contributed by atoms with E-state index in [0.29, 0.717) is 0 Å². The van der Waals surface area contributed by atoms with Crippen molar-refractivity contribution < 1.29 is 34.0 Å². The zero-order valence-corrected chi connectivity index (χ0v) is 16.5. The second-order valence-electron chi connectivity index (χ2n) is 5.86. The largest absolute Gasteiger partial charge is 0.463 e. The Morgan fingerprint density at radius 2 is 2.00 bits per heavy atom. The summed E-state index contributed by atoms with van der Waals surface area (Å²) in [5.74, 6) is -0.624. The topological polar surface area (TPSA) is 143 Å². The summed E-state index contributed by atoms with van der Waals surface area (Å²) >= 11 is 0. The maximum absolute atomic E-state index is 11.6. The van der Waals surface area contributed by atoms with Crippen molar-refractivity contribution in [3.05, 3.63) is 58.5 Å². The van der Waals surface area contributed by atoms with Gasteiger partial charge in [0.2, 0.25) is 0 Å². The van der Waals surface area contributed by atoms with E-state index in [1.807, 2.05) is 30.3 Å². The predicted molar refractivity (Wildman–Crippen MR) is 104 cm³/mol. The van der Waals surface area contributed by atoms with Gasteiger partial charge < -0.3 is 29.2 Å². The lowest BCUT2D eigenvalue weighted by Crippen LogP contribution is -2.48. The van der Waals surface area contributed by atoms with Crippen LogP contribution in [0.15, 0.2) is 47.6 Å². The van der Waals surface area contributed by atoms with Gasteiger partial charge in [-0.15, -0.1) is 0 Å². The molecule has 0 amide bonds. The molecule has 0 heterocycles. The van der Waals surface area contributed by atoms with Crippen molar-refractivity contribution in [2.75, 3.05) is 27.1 Å². The van der Waals surface area contributed by atoms with Crippen LogP contribution in [0.4, 0.5) is 0 Å². The zero-order chi connectivity index (χ0) is 21.5. The van der Waals surface area contributed by atoms with Gasteiger partial charge in [-0.3, -0.25) is 0 Å². The van der Waals surface area contributed by atoms with E-state index in [2.05, 4.69) is 10.0 Å². The highest BCUT2D eigenvalue weighted by atomic mass is 16.7. The fourth-order valence-electron chi connectivity index (χ4n) is 2.47. The van der Waals surface area contributed by atoms with Gasteiger partial charge in [0, 0.05) is 18.1 Å². The lowest BCUT2D eigenvalue weighted by atomic mass is 10.0. The number of benzene rings is 1.